The monoisotopic (exact) mass is 392 g/mol. The van der Waals surface area contributed by atoms with Gasteiger partial charge in [0, 0.05) is 0 Å². The lowest BCUT2D eigenvalue weighted by molar-refractivity contribution is 0.187. The molecule has 0 amide bonds. The molecule has 1 aromatic carbocycles. The summed E-state index contributed by atoms with van der Waals surface area (Å²) >= 11 is 7.36. The fraction of sp³-hybridized carbons (Fsp3) is 0.400. The summed E-state index contributed by atoms with van der Waals surface area (Å²) in [5, 5.41) is 9.95. The van der Waals surface area contributed by atoms with Gasteiger partial charge in [0.25, 0.3) is 0 Å². The van der Waals surface area contributed by atoms with Gasteiger partial charge in [-0.25, -0.2) is 12.8 Å². The van der Waals surface area contributed by atoms with Gasteiger partial charge in [-0.2, -0.15) is 0 Å². The molecule has 0 heterocycles. The third kappa shape index (κ3) is 3.10. The van der Waals surface area contributed by atoms with Gasteiger partial charge in [-0.15, -0.1) is 0 Å². The van der Waals surface area contributed by atoms with Crippen LogP contribution in [0, 0.1) is 5.82 Å². The van der Waals surface area contributed by atoms with Crippen LogP contribution in [0.25, 0.3) is 0 Å². The third-order valence-corrected chi connectivity index (χ3v) is 7.60. The minimum Gasteiger partial charge on any atom is -0.385 e. The Morgan fingerprint density at radius 2 is 2.18 bits per heavy atom. The largest absolute Gasteiger partial charge is 0.385 e. The molecule has 0 bridgehead atoms. The van der Waals surface area contributed by atoms with E-state index < -0.39 is 24.0 Å². The number of rotatable bonds is 4. The van der Waals surface area contributed by atoms with Crippen molar-refractivity contribution < 1.29 is 17.9 Å². The van der Waals surface area contributed by atoms with E-state index in [2.05, 4.69) is 0 Å². The van der Waals surface area contributed by atoms with Gasteiger partial charge in [0.2, 0.25) is 2.21 Å². The van der Waals surface area contributed by atoms with Gasteiger partial charge < -0.3 is 5.11 Å². The molecule has 0 aliphatic carbocycles. The normalized spacial score (nSPS) is 17.5. The summed E-state index contributed by atoms with van der Waals surface area (Å²) in [4.78, 5) is 0. The number of aliphatic hydroxyl groups is 1. The van der Waals surface area contributed by atoms with Crippen LogP contribution in [0.2, 0.25) is 0 Å². The molecule has 1 N–H and O–H groups in total. The highest BCUT2D eigenvalue weighted by molar-refractivity contribution is 14.1. The molecule has 2 unspecified atom stereocenters. The Hall–Kier alpha value is 0.0800. The molecule has 7 heteroatoms. The molecule has 0 aliphatic heterocycles. The first kappa shape index (κ1) is 15.1. The minimum atomic E-state index is -3.68. The molecule has 3 nitrogen and oxygen atoms in total. The van der Waals surface area contributed by atoms with Crippen molar-refractivity contribution >= 4 is 44.0 Å². The Kier molecular flexibility index (Phi) is 4.79. The van der Waals surface area contributed by atoms with Crippen LogP contribution in [0.4, 0.5) is 4.39 Å². The molecule has 1 rings (SSSR count). The second-order valence-corrected chi connectivity index (χ2v) is 9.77. The first-order chi connectivity index (χ1) is 7.72. The Morgan fingerprint density at radius 1 is 1.59 bits per heavy atom. The zero-order chi connectivity index (χ0) is 13.3. The number of sulfone groups is 1. The van der Waals surface area contributed by atoms with Gasteiger partial charge in [-0.1, -0.05) is 30.7 Å². The van der Waals surface area contributed by atoms with E-state index in [1.807, 2.05) is 0 Å². The first-order valence-corrected chi connectivity index (χ1v) is 7.87. The van der Waals surface area contributed by atoms with Gasteiger partial charge in [0.15, 0.2) is 9.84 Å². The van der Waals surface area contributed by atoms with Crippen molar-refractivity contribution in [1.82, 2.24) is 0 Å². The van der Waals surface area contributed by atoms with Crippen LogP contribution in [-0.2, 0) is 9.84 Å². The van der Waals surface area contributed by atoms with E-state index in [-0.39, 0.29) is 11.3 Å². The maximum atomic E-state index is 13.0. The van der Waals surface area contributed by atoms with Gasteiger partial charge in [0.1, 0.15) is 11.9 Å². The molecule has 0 spiro atoms. The zero-order valence-electron chi connectivity index (χ0n) is 8.90. The van der Waals surface area contributed by atoms with E-state index in [1.165, 1.54) is 47.7 Å². The molecule has 2 atom stereocenters. The van der Waals surface area contributed by atoms with Crippen molar-refractivity contribution in [3.63, 3.8) is 0 Å². The predicted molar refractivity (Wildman–Crippen MR) is 73.4 cm³/mol. The number of hydrogen-bond donors (Lipinski definition) is 1. The summed E-state index contributed by atoms with van der Waals surface area (Å²) in [6.07, 6.45) is -1.49. The van der Waals surface area contributed by atoms with Gasteiger partial charge in [-0.3, -0.25) is 0 Å². The van der Waals surface area contributed by atoms with Crippen LogP contribution in [0.15, 0.2) is 24.3 Å². The van der Waals surface area contributed by atoms with Crippen LogP contribution in [0.3, 0.4) is 0 Å². The van der Waals surface area contributed by atoms with Crippen molar-refractivity contribution in [2.24, 2.45) is 0 Å². The highest BCUT2D eigenvalue weighted by atomic mass is 127. The summed E-state index contributed by atoms with van der Waals surface area (Å²) in [6.45, 7) is 1.43. The molecule has 0 aromatic heterocycles. The van der Waals surface area contributed by atoms with Gasteiger partial charge in [-0.05, 0) is 40.3 Å². The van der Waals surface area contributed by atoms with Crippen LogP contribution < -0.4 is 0 Å². The number of halogens is 3. The molecule has 96 valence electrons. The van der Waals surface area contributed by atoms with E-state index in [9.17, 15) is 17.9 Å². The molecular formula is C10H11ClFIO3S. The average Bonchev–Trinajstić information content (AvgIpc) is 2.27. The first-order valence-electron chi connectivity index (χ1n) is 4.76. The lowest BCUT2D eigenvalue weighted by Gasteiger charge is -2.25. The lowest BCUT2D eigenvalue weighted by Crippen LogP contribution is -2.34. The number of hydrogen-bond acceptors (Lipinski definition) is 3. The van der Waals surface area contributed by atoms with Gasteiger partial charge in [0.05, 0.1) is 5.75 Å². The van der Waals surface area contributed by atoms with Crippen molar-refractivity contribution in [3.8, 4) is 0 Å². The standard InChI is InChI=1S/C10H11ClFIO3S/c1-2-17(15,16)10(11,13)9(14)7-4-3-5-8(12)6-7/h3-6,9,14H,2H2,1H3. The number of aliphatic hydroxyl groups excluding tert-OH is 1. The van der Waals surface area contributed by atoms with E-state index in [0.717, 1.165) is 6.07 Å². The van der Waals surface area contributed by atoms with Crippen molar-refractivity contribution in [2.75, 3.05) is 5.75 Å². The lowest BCUT2D eigenvalue weighted by atomic mass is 10.1. The summed E-state index contributed by atoms with van der Waals surface area (Å²) < 4.78 is 34.5. The second-order valence-electron chi connectivity index (χ2n) is 3.42. The molecule has 0 saturated heterocycles. The Morgan fingerprint density at radius 3 is 2.65 bits per heavy atom. The fourth-order valence-electron chi connectivity index (χ4n) is 1.23. The van der Waals surface area contributed by atoms with Crippen molar-refractivity contribution in [2.45, 2.75) is 15.2 Å². The topological polar surface area (TPSA) is 54.4 Å². The summed E-state index contributed by atoms with van der Waals surface area (Å²) in [7, 11) is -3.68. The summed E-state index contributed by atoms with van der Waals surface area (Å²) in [6, 6.07) is 5.07. The number of alkyl halides is 2. The maximum absolute atomic E-state index is 13.0. The van der Waals surface area contributed by atoms with Crippen LogP contribution in [0.5, 0.6) is 0 Å². The van der Waals surface area contributed by atoms with Crippen LogP contribution in [0.1, 0.15) is 18.6 Å². The third-order valence-electron chi connectivity index (χ3n) is 2.28. The van der Waals surface area contributed by atoms with Crippen molar-refractivity contribution in [3.05, 3.63) is 35.6 Å². The average molecular weight is 393 g/mol. The van der Waals surface area contributed by atoms with Gasteiger partial charge >= 0.3 is 0 Å². The minimum absolute atomic E-state index is 0.131. The smallest absolute Gasteiger partial charge is 0.225 e. The molecule has 0 fully saturated rings. The molecule has 17 heavy (non-hydrogen) atoms. The fourth-order valence-corrected chi connectivity index (χ4v) is 3.84. The summed E-state index contributed by atoms with van der Waals surface area (Å²) in [5.74, 6) is -0.759. The Balaban J connectivity index is 3.17. The van der Waals surface area contributed by atoms with E-state index in [0.29, 0.717) is 0 Å². The van der Waals surface area contributed by atoms with E-state index in [1.54, 1.807) is 0 Å². The van der Waals surface area contributed by atoms with Crippen LogP contribution >= 0.6 is 34.2 Å². The quantitative estimate of drug-likeness (QED) is 0.633. The maximum Gasteiger partial charge on any atom is 0.225 e. The molecule has 0 saturated carbocycles. The van der Waals surface area contributed by atoms with E-state index >= 15 is 0 Å². The highest BCUT2D eigenvalue weighted by Gasteiger charge is 2.45. The predicted octanol–water partition coefficient (Wildman–Crippen LogP) is 2.62. The molecular weight excluding hydrogens is 382 g/mol. The van der Waals surface area contributed by atoms with Crippen LogP contribution in [-0.4, -0.2) is 21.5 Å². The molecule has 1 aromatic rings. The zero-order valence-corrected chi connectivity index (χ0v) is 12.6. The molecule has 0 radical (unpaired) electrons. The van der Waals surface area contributed by atoms with E-state index in [4.69, 9.17) is 11.6 Å². The van der Waals surface area contributed by atoms with Crippen molar-refractivity contribution in [1.29, 1.82) is 0 Å². The highest BCUT2D eigenvalue weighted by Crippen LogP contribution is 2.43. The SMILES string of the molecule is CCS(=O)(=O)C(Cl)(I)C(O)c1cccc(F)c1. The summed E-state index contributed by atoms with van der Waals surface area (Å²) in [5.41, 5.74) is 0.131. The Labute approximate surface area is 118 Å². The Bertz CT molecular complexity index is 504. The molecule has 0 aliphatic rings. The number of benzene rings is 1. The second kappa shape index (κ2) is 5.38.